The van der Waals surface area contributed by atoms with Crippen molar-refractivity contribution in [3.8, 4) is 0 Å². The van der Waals surface area contributed by atoms with Crippen molar-refractivity contribution in [3.05, 3.63) is 58.0 Å². The first-order chi connectivity index (χ1) is 12.1. The van der Waals surface area contributed by atoms with Gasteiger partial charge in [0.25, 0.3) is 5.91 Å². The molecule has 1 fully saturated rings. The van der Waals surface area contributed by atoms with Gasteiger partial charge >= 0.3 is 0 Å². The number of hydrogen-bond donors (Lipinski definition) is 1. The quantitative estimate of drug-likeness (QED) is 0.905. The van der Waals surface area contributed by atoms with Gasteiger partial charge in [0.2, 0.25) is 5.91 Å². The van der Waals surface area contributed by atoms with Crippen molar-refractivity contribution in [3.63, 3.8) is 0 Å². The van der Waals surface area contributed by atoms with Crippen molar-refractivity contribution < 1.29 is 14.0 Å². The number of carbonyl (C=O) groups is 2. The number of likely N-dealkylation sites (tertiary alicyclic amines) is 1. The molecule has 0 bridgehead atoms. The largest absolute Gasteiger partial charge is 0.349 e. The van der Waals surface area contributed by atoms with Crippen molar-refractivity contribution in [2.75, 3.05) is 13.1 Å². The molecule has 1 N–H and O–H groups in total. The molecule has 2 heterocycles. The third-order valence-electron chi connectivity index (χ3n) is 4.62. The van der Waals surface area contributed by atoms with Crippen molar-refractivity contribution in [1.29, 1.82) is 0 Å². The van der Waals surface area contributed by atoms with E-state index < -0.39 is 0 Å². The average molecular weight is 360 g/mol. The topological polar surface area (TPSA) is 49.4 Å². The molecule has 0 aliphatic carbocycles. The van der Waals surface area contributed by atoms with Gasteiger partial charge in [0.1, 0.15) is 5.82 Å². The Morgan fingerprint density at radius 2 is 1.92 bits per heavy atom. The Hall–Kier alpha value is -2.21. The van der Waals surface area contributed by atoms with Crippen LogP contribution in [-0.2, 0) is 4.79 Å². The Labute approximate surface area is 150 Å². The molecule has 4 nitrogen and oxygen atoms in total. The highest BCUT2D eigenvalue weighted by molar-refractivity contribution is 7.12. The van der Waals surface area contributed by atoms with Crippen molar-refractivity contribution >= 4 is 23.2 Å². The van der Waals surface area contributed by atoms with E-state index in [1.54, 1.807) is 30.0 Å². The Kier molecular flexibility index (Phi) is 5.48. The second kappa shape index (κ2) is 7.78. The summed E-state index contributed by atoms with van der Waals surface area (Å²) in [7, 11) is 0. The van der Waals surface area contributed by atoms with Crippen LogP contribution in [0, 0.1) is 11.7 Å². The zero-order valence-corrected chi connectivity index (χ0v) is 14.9. The molecule has 3 rings (SSSR count). The molecule has 0 saturated carbocycles. The Bertz CT molecular complexity index is 740. The van der Waals surface area contributed by atoms with E-state index >= 15 is 0 Å². The maximum Gasteiger partial charge on any atom is 0.263 e. The molecule has 132 valence electrons. The van der Waals surface area contributed by atoms with Crippen LogP contribution >= 0.6 is 11.3 Å². The summed E-state index contributed by atoms with van der Waals surface area (Å²) in [5.41, 5.74) is 0.487. The molecular formula is C19H21FN2O2S. The molecule has 1 aromatic carbocycles. The number of halogens is 1. The molecule has 0 radical (unpaired) electrons. The Morgan fingerprint density at radius 1 is 1.20 bits per heavy atom. The molecule has 2 aromatic rings. The third-order valence-corrected chi connectivity index (χ3v) is 5.47. The minimum atomic E-state index is -0.375. The predicted octanol–water partition coefficient (Wildman–Crippen LogP) is 3.62. The van der Waals surface area contributed by atoms with Gasteiger partial charge < -0.3 is 10.2 Å². The summed E-state index contributed by atoms with van der Waals surface area (Å²) < 4.78 is 13.8. The fraction of sp³-hybridized carbons (Fsp3) is 0.368. The van der Waals surface area contributed by atoms with E-state index in [1.807, 2.05) is 17.5 Å². The standard InChI is InChI=1S/C19H21FN2O2S/c1-13(15-5-2-3-6-16(15)20)21-18(23)14-8-10-22(11-9-14)19(24)17-7-4-12-25-17/h2-7,12-14H,8-11H2,1H3,(H,21,23)/t13-/m1/s1. The van der Waals surface area contributed by atoms with E-state index in [4.69, 9.17) is 0 Å². The van der Waals surface area contributed by atoms with Crippen LogP contribution in [0.4, 0.5) is 4.39 Å². The Balaban J connectivity index is 1.53. The zero-order chi connectivity index (χ0) is 17.8. The zero-order valence-electron chi connectivity index (χ0n) is 14.1. The van der Waals surface area contributed by atoms with Crippen LogP contribution in [0.5, 0.6) is 0 Å². The van der Waals surface area contributed by atoms with E-state index in [0.717, 1.165) is 4.88 Å². The van der Waals surface area contributed by atoms with Gasteiger partial charge in [0.15, 0.2) is 0 Å². The molecule has 1 aliphatic rings. The normalized spacial score (nSPS) is 16.5. The minimum Gasteiger partial charge on any atom is -0.349 e. The van der Waals surface area contributed by atoms with Crippen LogP contribution in [0.25, 0.3) is 0 Å². The van der Waals surface area contributed by atoms with Crippen LogP contribution in [0.15, 0.2) is 41.8 Å². The van der Waals surface area contributed by atoms with Gasteiger partial charge in [0, 0.05) is 24.6 Å². The summed E-state index contributed by atoms with van der Waals surface area (Å²) in [6.07, 6.45) is 1.26. The highest BCUT2D eigenvalue weighted by Crippen LogP contribution is 2.23. The number of nitrogens with one attached hydrogen (secondary N) is 1. The average Bonchev–Trinajstić information content (AvgIpc) is 3.16. The Morgan fingerprint density at radius 3 is 2.56 bits per heavy atom. The number of piperidine rings is 1. The van der Waals surface area contributed by atoms with Gasteiger partial charge in [0.05, 0.1) is 10.9 Å². The minimum absolute atomic E-state index is 0.0357. The maximum absolute atomic E-state index is 13.8. The van der Waals surface area contributed by atoms with Gasteiger partial charge in [-0.2, -0.15) is 0 Å². The highest BCUT2D eigenvalue weighted by atomic mass is 32.1. The monoisotopic (exact) mass is 360 g/mol. The second-order valence-electron chi connectivity index (χ2n) is 6.30. The number of benzene rings is 1. The molecule has 6 heteroatoms. The second-order valence-corrected chi connectivity index (χ2v) is 7.24. The maximum atomic E-state index is 13.8. The number of amides is 2. The molecule has 0 unspecified atom stereocenters. The molecule has 25 heavy (non-hydrogen) atoms. The lowest BCUT2D eigenvalue weighted by molar-refractivity contribution is -0.127. The van der Waals surface area contributed by atoms with Crippen molar-refractivity contribution in [2.45, 2.75) is 25.8 Å². The van der Waals surface area contributed by atoms with Crippen LogP contribution in [0.2, 0.25) is 0 Å². The third kappa shape index (κ3) is 4.07. The van der Waals surface area contributed by atoms with Crippen LogP contribution in [0.3, 0.4) is 0 Å². The van der Waals surface area contributed by atoms with Crippen molar-refractivity contribution in [2.24, 2.45) is 5.92 Å². The van der Waals surface area contributed by atoms with Crippen LogP contribution in [0.1, 0.15) is 41.0 Å². The lowest BCUT2D eigenvalue weighted by Crippen LogP contribution is -2.43. The van der Waals surface area contributed by atoms with E-state index in [9.17, 15) is 14.0 Å². The van der Waals surface area contributed by atoms with E-state index in [1.165, 1.54) is 17.4 Å². The van der Waals surface area contributed by atoms with E-state index in [-0.39, 0.29) is 29.6 Å². The summed E-state index contributed by atoms with van der Waals surface area (Å²) in [6, 6.07) is 9.78. The molecule has 2 amide bonds. The summed E-state index contributed by atoms with van der Waals surface area (Å²) in [5.74, 6) is -0.485. The molecule has 1 aromatic heterocycles. The van der Waals surface area contributed by atoms with Crippen LogP contribution < -0.4 is 5.32 Å². The smallest absolute Gasteiger partial charge is 0.263 e. The number of thiophene rings is 1. The summed E-state index contributed by atoms with van der Waals surface area (Å²) in [4.78, 5) is 27.3. The lowest BCUT2D eigenvalue weighted by atomic mass is 9.95. The van der Waals surface area contributed by atoms with Gasteiger partial charge in [-0.3, -0.25) is 9.59 Å². The lowest BCUT2D eigenvalue weighted by Gasteiger charge is -2.31. The number of carbonyl (C=O) groups excluding carboxylic acids is 2. The molecule has 0 spiro atoms. The fourth-order valence-corrected chi connectivity index (χ4v) is 3.83. The molecular weight excluding hydrogens is 339 g/mol. The number of rotatable bonds is 4. The summed E-state index contributed by atoms with van der Waals surface area (Å²) in [6.45, 7) is 2.93. The number of hydrogen-bond acceptors (Lipinski definition) is 3. The SMILES string of the molecule is C[C@@H](NC(=O)C1CCN(C(=O)c2cccs2)CC1)c1ccccc1F. The summed E-state index contributed by atoms with van der Waals surface area (Å²) in [5, 5.41) is 4.78. The molecule has 1 aliphatic heterocycles. The first-order valence-electron chi connectivity index (χ1n) is 8.44. The van der Waals surface area contributed by atoms with Crippen molar-refractivity contribution in [1.82, 2.24) is 10.2 Å². The van der Waals surface area contributed by atoms with Crippen LogP contribution in [-0.4, -0.2) is 29.8 Å². The molecule has 1 saturated heterocycles. The first-order valence-corrected chi connectivity index (χ1v) is 9.32. The number of nitrogens with zero attached hydrogens (tertiary/aromatic N) is 1. The van der Waals surface area contributed by atoms with E-state index in [2.05, 4.69) is 5.32 Å². The van der Waals surface area contributed by atoms with Gasteiger partial charge in [-0.25, -0.2) is 4.39 Å². The first kappa shape index (κ1) is 17.6. The summed E-state index contributed by atoms with van der Waals surface area (Å²) >= 11 is 1.43. The van der Waals surface area contributed by atoms with Gasteiger partial charge in [-0.05, 0) is 37.3 Å². The van der Waals surface area contributed by atoms with Gasteiger partial charge in [-0.1, -0.05) is 24.3 Å². The fourth-order valence-electron chi connectivity index (χ4n) is 3.14. The molecule has 1 atom stereocenters. The highest BCUT2D eigenvalue weighted by Gasteiger charge is 2.29. The van der Waals surface area contributed by atoms with E-state index in [0.29, 0.717) is 31.5 Å². The van der Waals surface area contributed by atoms with Gasteiger partial charge in [-0.15, -0.1) is 11.3 Å². The predicted molar refractivity (Wildman–Crippen MR) is 95.9 cm³/mol.